The van der Waals surface area contributed by atoms with E-state index in [-0.39, 0.29) is 6.10 Å². The van der Waals surface area contributed by atoms with Crippen LogP contribution in [0.1, 0.15) is 58.7 Å². The molecule has 0 heterocycles. The Morgan fingerprint density at radius 3 is 1.68 bits per heavy atom. The Bertz CT molecular complexity index is 490. The fourth-order valence-corrected chi connectivity index (χ4v) is 4.51. The second kappa shape index (κ2) is 4.34. The largest absolute Gasteiger partial charge is 0.388 e. The van der Waals surface area contributed by atoms with Gasteiger partial charge in [-0.05, 0) is 98.6 Å². The minimum Gasteiger partial charge on any atom is -0.388 e. The monoisotopic (exact) mass is 258 g/mol. The number of rotatable bonds is 2. The van der Waals surface area contributed by atoms with E-state index < -0.39 is 0 Å². The highest BCUT2D eigenvalue weighted by atomic mass is 16.3. The van der Waals surface area contributed by atoms with Crippen LogP contribution < -0.4 is 0 Å². The second-order valence-electron chi connectivity index (χ2n) is 6.82. The predicted molar refractivity (Wildman–Crippen MR) is 79.4 cm³/mol. The van der Waals surface area contributed by atoms with E-state index in [9.17, 15) is 5.11 Å². The summed E-state index contributed by atoms with van der Waals surface area (Å²) in [5.41, 5.74) is 7.99. The maximum absolute atomic E-state index is 10.9. The van der Waals surface area contributed by atoms with Crippen molar-refractivity contribution < 1.29 is 5.11 Å². The summed E-state index contributed by atoms with van der Waals surface area (Å²) in [5, 5.41) is 10.9. The first-order chi connectivity index (χ1) is 8.95. The van der Waals surface area contributed by atoms with Gasteiger partial charge in [0.05, 0.1) is 6.10 Å². The first kappa shape index (κ1) is 13.2. The van der Waals surface area contributed by atoms with Crippen molar-refractivity contribution in [3.05, 3.63) is 33.4 Å². The van der Waals surface area contributed by atoms with Gasteiger partial charge in [0.2, 0.25) is 0 Å². The molecule has 0 amide bonds. The second-order valence-corrected chi connectivity index (χ2v) is 6.82. The van der Waals surface area contributed by atoms with Gasteiger partial charge < -0.3 is 5.11 Å². The molecule has 1 N–H and O–H groups in total. The average Bonchev–Trinajstić information content (AvgIpc) is 2.87. The van der Waals surface area contributed by atoms with Gasteiger partial charge in [-0.2, -0.15) is 0 Å². The van der Waals surface area contributed by atoms with Crippen molar-refractivity contribution in [1.29, 1.82) is 0 Å². The summed E-state index contributed by atoms with van der Waals surface area (Å²) in [7, 11) is 0. The SMILES string of the molecule is Cc1c(C)c(C)c(C(O)C2C3CCCC32)c(C)c1C. The zero-order chi connectivity index (χ0) is 13.9. The van der Waals surface area contributed by atoms with E-state index in [4.69, 9.17) is 0 Å². The summed E-state index contributed by atoms with van der Waals surface area (Å²) >= 11 is 0. The minimum atomic E-state index is -0.228. The van der Waals surface area contributed by atoms with Crippen molar-refractivity contribution in [1.82, 2.24) is 0 Å². The van der Waals surface area contributed by atoms with E-state index in [1.54, 1.807) is 0 Å². The van der Waals surface area contributed by atoms with Crippen LogP contribution in [-0.2, 0) is 0 Å². The number of hydrogen-bond acceptors (Lipinski definition) is 1. The Morgan fingerprint density at radius 1 is 0.789 bits per heavy atom. The van der Waals surface area contributed by atoms with Crippen LogP contribution in [-0.4, -0.2) is 5.11 Å². The van der Waals surface area contributed by atoms with E-state index >= 15 is 0 Å². The molecule has 2 aliphatic carbocycles. The topological polar surface area (TPSA) is 20.2 Å². The van der Waals surface area contributed by atoms with Gasteiger partial charge >= 0.3 is 0 Å². The van der Waals surface area contributed by atoms with Crippen LogP contribution >= 0.6 is 0 Å². The Balaban J connectivity index is 2.01. The molecule has 1 aromatic rings. The molecule has 3 atom stereocenters. The molecule has 0 aromatic heterocycles. The van der Waals surface area contributed by atoms with E-state index in [1.807, 2.05) is 0 Å². The molecule has 0 spiro atoms. The lowest BCUT2D eigenvalue weighted by Crippen LogP contribution is -2.11. The number of aliphatic hydroxyl groups is 1. The lowest BCUT2D eigenvalue weighted by molar-refractivity contribution is 0.135. The first-order valence-corrected chi connectivity index (χ1v) is 7.70. The van der Waals surface area contributed by atoms with Crippen LogP contribution in [0.15, 0.2) is 0 Å². The maximum Gasteiger partial charge on any atom is 0.0829 e. The molecule has 1 heteroatoms. The molecule has 0 saturated heterocycles. The zero-order valence-electron chi connectivity index (χ0n) is 12.9. The van der Waals surface area contributed by atoms with E-state index in [0.29, 0.717) is 5.92 Å². The highest BCUT2D eigenvalue weighted by Gasteiger charge is 2.56. The number of fused-ring (bicyclic) bond motifs is 1. The third-order valence-corrected chi connectivity index (χ3v) is 6.19. The van der Waals surface area contributed by atoms with Gasteiger partial charge in [-0.25, -0.2) is 0 Å². The summed E-state index contributed by atoms with van der Waals surface area (Å²) in [4.78, 5) is 0. The standard InChI is InChI=1S/C18H26O/c1-9-10(2)12(4)16(13(5)11(9)3)18(19)17-14-7-6-8-15(14)17/h14-15,17-19H,6-8H2,1-5H3. The number of benzene rings is 1. The van der Waals surface area contributed by atoms with E-state index in [1.165, 1.54) is 52.6 Å². The van der Waals surface area contributed by atoms with Gasteiger partial charge in [0, 0.05) is 0 Å². The molecule has 2 fully saturated rings. The Labute approximate surface area is 117 Å². The van der Waals surface area contributed by atoms with Crippen molar-refractivity contribution in [3.63, 3.8) is 0 Å². The minimum absolute atomic E-state index is 0.228. The van der Waals surface area contributed by atoms with Crippen LogP contribution in [0.2, 0.25) is 0 Å². The number of hydrogen-bond donors (Lipinski definition) is 1. The maximum atomic E-state index is 10.9. The average molecular weight is 258 g/mol. The third kappa shape index (κ3) is 1.78. The van der Waals surface area contributed by atoms with Crippen molar-refractivity contribution >= 4 is 0 Å². The molecule has 2 aliphatic rings. The van der Waals surface area contributed by atoms with Gasteiger partial charge in [0.25, 0.3) is 0 Å². The summed E-state index contributed by atoms with van der Waals surface area (Å²) in [6.45, 7) is 11.0. The molecule has 3 unspecified atom stereocenters. The van der Waals surface area contributed by atoms with Crippen molar-refractivity contribution in [2.75, 3.05) is 0 Å². The molecule has 19 heavy (non-hydrogen) atoms. The Hall–Kier alpha value is -0.820. The molecule has 0 bridgehead atoms. The highest BCUT2D eigenvalue weighted by molar-refractivity contribution is 5.50. The van der Waals surface area contributed by atoms with Crippen LogP contribution in [0.25, 0.3) is 0 Å². The van der Waals surface area contributed by atoms with Gasteiger partial charge in [0.15, 0.2) is 0 Å². The van der Waals surface area contributed by atoms with Crippen LogP contribution in [0.5, 0.6) is 0 Å². The van der Waals surface area contributed by atoms with Gasteiger partial charge in [-0.3, -0.25) is 0 Å². The highest BCUT2D eigenvalue weighted by Crippen LogP contribution is 2.62. The summed E-state index contributed by atoms with van der Waals surface area (Å²) in [6.07, 6.45) is 3.83. The predicted octanol–water partition coefficient (Wildman–Crippen LogP) is 4.31. The van der Waals surface area contributed by atoms with E-state index in [0.717, 1.165) is 11.8 Å². The summed E-state index contributed by atoms with van der Waals surface area (Å²) in [5.74, 6) is 2.18. The van der Waals surface area contributed by atoms with Gasteiger partial charge in [-0.1, -0.05) is 6.42 Å². The molecule has 0 aliphatic heterocycles. The van der Waals surface area contributed by atoms with Crippen LogP contribution in [0.4, 0.5) is 0 Å². The molecule has 1 aromatic carbocycles. The van der Waals surface area contributed by atoms with Crippen LogP contribution in [0, 0.1) is 52.4 Å². The fraction of sp³-hybridized carbons (Fsp3) is 0.667. The quantitative estimate of drug-likeness (QED) is 0.838. The van der Waals surface area contributed by atoms with Crippen molar-refractivity contribution in [2.24, 2.45) is 17.8 Å². The van der Waals surface area contributed by atoms with Crippen molar-refractivity contribution in [2.45, 2.75) is 60.0 Å². The smallest absolute Gasteiger partial charge is 0.0829 e. The fourth-order valence-electron chi connectivity index (χ4n) is 4.51. The van der Waals surface area contributed by atoms with Gasteiger partial charge in [-0.15, -0.1) is 0 Å². The molecule has 3 rings (SSSR count). The lowest BCUT2D eigenvalue weighted by atomic mass is 9.85. The Morgan fingerprint density at radius 2 is 1.21 bits per heavy atom. The summed E-state index contributed by atoms with van der Waals surface area (Å²) in [6, 6.07) is 0. The van der Waals surface area contributed by atoms with Crippen molar-refractivity contribution in [3.8, 4) is 0 Å². The van der Waals surface area contributed by atoms with E-state index in [2.05, 4.69) is 34.6 Å². The van der Waals surface area contributed by atoms with Crippen LogP contribution in [0.3, 0.4) is 0 Å². The molecular formula is C18H26O. The molecule has 1 nitrogen and oxygen atoms in total. The summed E-state index contributed by atoms with van der Waals surface area (Å²) < 4.78 is 0. The molecular weight excluding hydrogens is 232 g/mol. The zero-order valence-corrected chi connectivity index (χ0v) is 12.9. The third-order valence-electron chi connectivity index (χ3n) is 6.19. The molecule has 0 radical (unpaired) electrons. The molecule has 104 valence electrons. The Kier molecular flexibility index (Phi) is 3.01. The molecule has 2 saturated carbocycles. The lowest BCUT2D eigenvalue weighted by Gasteiger charge is -2.23. The normalized spacial score (nSPS) is 30.3. The van der Waals surface area contributed by atoms with Gasteiger partial charge in [0.1, 0.15) is 0 Å². The number of aliphatic hydroxyl groups excluding tert-OH is 1. The first-order valence-electron chi connectivity index (χ1n) is 7.70.